The van der Waals surface area contributed by atoms with Crippen LogP contribution in [0.2, 0.25) is 0 Å². The van der Waals surface area contributed by atoms with Gasteiger partial charge in [0, 0.05) is 10.5 Å². The Bertz CT molecular complexity index is 774. The summed E-state index contributed by atoms with van der Waals surface area (Å²) >= 11 is 3.66. The molecule has 1 unspecified atom stereocenters. The van der Waals surface area contributed by atoms with Gasteiger partial charge in [0.1, 0.15) is 0 Å². The maximum Gasteiger partial charge on any atom is 0.0347 e. The highest BCUT2D eigenvalue weighted by Crippen LogP contribution is 2.29. The summed E-state index contributed by atoms with van der Waals surface area (Å²) in [5.74, 6) is 0. The van der Waals surface area contributed by atoms with E-state index in [1.54, 1.807) is 0 Å². The summed E-state index contributed by atoms with van der Waals surface area (Å²) in [6.07, 6.45) is 0.837. The molecule has 2 heteroatoms. The fourth-order valence-electron chi connectivity index (χ4n) is 2.77. The van der Waals surface area contributed by atoms with E-state index in [9.17, 15) is 0 Å². The minimum Gasteiger partial charge on any atom is -0.324 e. The van der Waals surface area contributed by atoms with Gasteiger partial charge in [-0.1, -0.05) is 76.6 Å². The predicted octanol–water partition coefficient (Wildman–Crippen LogP) is 5.15. The Balaban J connectivity index is 1.97. The monoisotopic (exact) mass is 339 g/mol. The molecule has 0 fully saturated rings. The normalized spacial score (nSPS) is 12.5. The molecule has 21 heavy (non-hydrogen) atoms. The summed E-state index contributed by atoms with van der Waals surface area (Å²) in [5, 5.41) is 2.56. The SMILES string of the molecule is Cc1cccc(C(N)Cc2cccc3ccccc23)c1Br. The molecule has 1 nitrogen and oxygen atoms in total. The lowest BCUT2D eigenvalue weighted by atomic mass is 9.95. The molecule has 0 spiro atoms. The van der Waals surface area contributed by atoms with Gasteiger partial charge in [0.2, 0.25) is 0 Å². The van der Waals surface area contributed by atoms with Gasteiger partial charge in [-0.2, -0.15) is 0 Å². The van der Waals surface area contributed by atoms with Gasteiger partial charge < -0.3 is 5.73 Å². The summed E-state index contributed by atoms with van der Waals surface area (Å²) in [4.78, 5) is 0. The highest BCUT2D eigenvalue weighted by molar-refractivity contribution is 9.10. The molecule has 3 rings (SSSR count). The second kappa shape index (κ2) is 6.00. The van der Waals surface area contributed by atoms with Crippen LogP contribution in [0.25, 0.3) is 10.8 Å². The quantitative estimate of drug-likeness (QED) is 0.701. The Hall–Kier alpha value is -1.64. The number of benzene rings is 3. The Morgan fingerprint density at radius 2 is 1.67 bits per heavy atom. The fraction of sp³-hybridized carbons (Fsp3) is 0.158. The molecule has 0 bridgehead atoms. The van der Waals surface area contributed by atoms with Gasteiger partial charge in [0.05, 0.1) is 0 Å². The summed E-state index contributed by atoms with van der Waals surface area (Å²) in [6.45, 7) is 2.10. The van der Waals surface area contributed by atoms with E-state index in [4.69, 9.17) is 5.73 Å². The number of aryl methyl sites for hydroxylation is 1. The molecular formula is C19H18BrN. The lowest BCUT2D eigenvalue weighted by molar-refractivity contribution is 0.721. The second-order valence-electron chi connectivity index (χ2n) is 5.43. The zero-order chi connectivity index (χ0) is 14.8. The zero-order valence-electron chi connectivity index (χ0n) is 12.0. The van der Waals surface area contributed by atoms with E-state index < -0.39 is 0 Å². The van der Waals surface area contributed by atoms with E-state index in [1.165, 1.54) is 27.5 Å². The van der Waals surface area contributed by atoms with E-state index in [-0.39, 0.29) is 6.04 Å². The number of halogens is 1. The van der Waals surface area contributed by atoms with Gasteiger partial charge in [0.25, 0.3) is 0 Å². The molecule has 3 aromatic carbocycles. The average Bonchev–Trinajstić information content (AvgIpc) is 2.50. The minimum absolute atomic E-state index is 0.00918. The van der Waals surface area contributed by atoms with E-state index in [1.807, 2.05) is 0 Å². The van der Waals surface area contributed by atoms with E-state index in [0.29, 0.717) is 0 Å². The van der Waals surface area contributed by atoms with Crippen molar-refractivity contribution in [1.29, 1.82) is 0 Å². The van der Waals surface area contributed by atoms with Crippen molar-refractivity contribution >= 4 is 26.7 Å². The first-order valence-electron chi connectivity index (χ1n) is 7.14. The lowest BCUT2D eigenvalue weighted by Gasteiger charge is -2.16. The molecule has 0 aliphatic carbocycles. The van der Waals surface area contributed by atoms with Crippen LogP contribution in [0, 0.1) is 6.92 Å². The summed E-state index contributed by atoms with van der Waals surface area (Å²) in [5.41, 5.74) is 10.2. The van der Waals surface area contributed by atoms with Gasteiger partial charge >= 0.3 is 0 Å². The van der Waals surface area contributed by atoms with Gasteiger partial charge in [0.15, 0.2) is 0 Å². The fourth-order valence-corrected chi connectivity index (χ4v) is 3.33. The largest absolute Gasteiger partial charge is 0.324 e. The van der Waals surface area contributed by atoms with Crippen LogP contribution in [0.4, 0.5) is 0 Å². The number of nitrogens with two attached hydrogens (primary N) is 1. The topological polar surface area (TPSA) is 26.0 Å². The molecule has 0 heterocycles. The maximum atomic E-state index is 6.46. The Morgan fingerprint density at radius 3 is 2.52 bits per heavy atom. The van der Waals surface area contributed by atoms with Crippen molar-refractivity contribution in [2.45, 2.75) is 19.4 Å². The highest BCUT2D eigenvalue weighted by Gasteiger charge is 2.13. The predicted molar refractivity (Wildman–Crippen MR) is 93.5 cm³/mol. The molecule has 0 radical (unpaired) electrons. The van der Waals surface area contributed by atoms with Crippen molar-refractivity contribution in [3.8, 4) is 0 Å². The van der Waals surface area contributed by atoms with Crippen LogP contribution >= 0.6 is 15.9 Å². The molecular weight excluding hydrogens is 322 g/mol. The molecule has 0 aliphatic rings. The van der Waals surface area contributed by atoms with Crippen LogP contribution in [0.1, 0.15) is 22.7 Å². The molecule has 106 valence electrons. The molecule has 0 saturated carbocycles. The maximum absolute atomic E-state index is 6.46. The summed E-state index contributed by atoms with van der Waals surface area (Å²) in [7, 11) is 0. The first-order chi connectivity index (χ1) is 10.2. The third kappa shape index (κ3) is 2.87. The van der Waals surface area contributed by atoms with Crippen molar-refractivity contribution in [3.63, 3.8) is 0 Å². The number of hydrogen-bond acceptors (Lipinski definition) is 1. The van der Waals surface area contributed by atoms with Crippen molar-refractivity contribution in [2.24, 2.45) is 5.73 Å². The summed E-state index contributed by atoms with van der Waals surface area (Å²) < 4.78 is 1.12. The summed E-state index contributed by atoms with van der Waals surface area (Å²) in [6, 6.07) is 21.2. The second-order valence-corrected chi connectivity index (χ2v) is 6.22. The first-order valence-corrected chi connectivity index (χ1v) is 7.93. The van der Waals surface area contributed by atoms with Crippen LogP contribution in [-0.2, 0) is 6.42 Å². The van der Waals surface area contributed by atoms with Crippen LogP contribution in [0.5, 0.6) is 0 Å². The van der Waals surface area contributed by atoms with E-state index >= 15 is 0 Å². The van der Waals surface area contributed by atoms with E-state index in [2.05, 4.69) is 83.5 Å². The Kier molecular flexibility index (Phi) is 4.09. The first kappa shape index (κ1) is 14.3. The average molecular weight is 340 g/mol. The van der Waals surface area contributed by atoms with E-state index in [0.717, 1.165) is 10.9 Å². The molecule has 3 aromatic rings. The van der Waals surface area contributed by atoms with Gasteiger partial charge in [-0.05, 0) is 40.8 Å². The smallest absolute Gasteiger partial charge is 0.0347 e. The van der Waals surface area contributed by atoms with Crippen LogP contribution in [0.15, 0.2) is 65.1 Å². The molecule has 0 aromatic heterocycles. The third-order valence-electron chi connectivity index (χ3n) is 3.94. The van der Waals surface area contributed by atoms with Gasteiger partial charge in [-0.15, -0.1) is 0 Å². The molecule has 2 N–H and O–H groups in total. The van der Waals surface area contributed by atoms with Crippen molar-refractivity contribution in [1.82, 2.24) is 0 Å². The van der Waals surface area contributed by atoms with Crippen LogP contribution in [0.3, 0.4) is 0 Å². The standard InChI is InChI=1S/C19H18BrN/c1-13-6-4-11-17(19(13)20)18(21)12-15-9-5-8-14-7-2-3-10-16(14)15/h2-11,18H,12,21H2,1H3. The van der Waals surface area contributed by atoms with Crippen LogP contribution in [-0.4, -0.2) is 0 Å². The molecule has 1 atom stereocenters. The van der Waals surface area contributed by atoms with Crippen molar-refractivity contribution in [2.75, 3.05) is 0 Å². The number of hydrogen-bond donors (Lipinski definition) is 1. The van der Waals surface area contributed by atoms with Gasteiger partial charge in [-0.25, -0.2) is 0 Å². The minimum atomic E-state index is -0.00918. The number of fused-ring (bicyclic) bond motifs is 1. The molecule has 0 saturated heterocycles. The molecule has 0 aliphatic heterocycles. The Morgan fingerprint density at radius 1 is 0.952 bits per heavy atom. The lowest BCUT2D eigenvalue weighted by Crippen LogP contribution is -2.14. The van der Waals surface area contributed by atoms with Crippen LogP contribution < -0.4 is 5.73 Å². The Labute approximate surface area is 133 Å². The third-order valence-corrected chi connectivity index (χ3v) is 5.02. The number of rotatable bonds is 3. The van der Waals surface area contributed by atoms with Crippen molar-refractivity contribution < 1.29 is 0 Å². The van der Waals surface area contributed by atoms with Gasteiger partial charge in [-0.3, -0.25) is 0 Å². The molecule has 0 amide bonds. The highest BCUT2D eigenvalue weighted by atomic mass is 79.9. The zero-order valence-corrected chi connectivity index (χ0v) is 13.6. The van der Waals surface area contributed by atoms with Crippen molar-refractivity contribution in [3.05, 3.63) is 81.8 Å².